The Balaban J connectivity index is 3.92. The Labute approximate surface area is 79.6 Å². The van der Waals surface area contributed by atoms with Crippen molar-refractivity contribution in [1.82, 2.24) is 4.90 Å². The molecule has 0 bridgehead atoms. The lowest BCUT2D eigenvalue weighted by atomic mass is 10.1. The topological polar surface area (TPSA) is 72.3 Å². The predicted octanol–water partition coefficient (Wildman–Crippen LogP) is -0.303. The number of primary amides is 1. The summed E-state index contributed by atoms with van der Waals surface area (Å²) >= 11 is 0. The van der Waals surface area contributed by atoms with E-state index in [2.05, 4.69) is 0 Å². The molecule has 1 amide bonds. The molecule has 0 rings (SSSR count). The third kappa shape index (κ3) is 6.31. The van der Waals surface area contributed by atoms with Crippen LogP contribution in [0.4, 0.5) is 0 Å². The number of hydrogen-bond donors (Lipinski definition) is 2. The Morgan fingerprint density at radius 3 is 2.46 bits per heavy atom. The number of nitrogens with two attached hydrogens (primary N) is 2. The van der Waals surface area contributed by atoms with E-state index in [-0.39, 0.29) is 6.04 Å². The molecular weight excluding hydrogens is 166 g/mol. The molecule has 1 unspecified atom stereocenters. The molecule has 0 aromatic carbocycles. The second-order valence-electron chi connectivity index (χ2n) is 3.47. The molecule has 0 aliphatic rings. The van der Waals surface area contributed by atoms with Gasteiger partial charge in [-0.2, -0.15) is 0 Å². The summed E-state index contributed by atoms with van der Waals surface area (Å²) in [5.41, 5.74) is 11.4. The van der Waals surface area contributed by atoms with Crippen molar-refractivity contribution in [2.75, 3.05) is 20.6 Å². The van der Waals surface area contributed by atoms with Gasteiger partial charge in [0.25, 0.3) is 0 Å². The van der Waals surface area contributed by atoms with Gasteiger partial charge in [-0.15, -0.1) is 0 Å². The number of rotatable bonds is 5. The van der Waals surface area contributed by atoms with Gasteiger partial charge in [0.1, 0.15) is 0 Å². The molecule has 13 heavy (non-hydrogen) atoms. The normalized spacial score (nSPS) is 14.7. The van der Waals surface area contributed by atoms with Crippen molar-refractivity contribution >= 4 is 5.91 Å². The molecule has 0 heterocycles. The van der Waals surface area contributed by atoms with Crippen molar-refractivity contribution < 1.29 is 4.79 Å². The number of nitrogens with zero attached hydrogens (tertiary/aromatic N) is 1. The van der Waals surface area contributed by atoms with Crippen LogP contribution >= 0.6 is 0 Å². The number of carbonyl (C=O) groups is 1. The first kappa shape index (κ1) is 12.1. The van der Waals surface area contributed by atoms with Crippen LogP contribution in [0.3, 0.4) is 0 Å². The van der Waals surface area contributed by atoms with Crippen LogP contribution in [0, 0.1) is 0 Å². The lowest BCUT2D eigenvalue weighted by Crippen LogP contribution is -2.26. The van der Waals surface area contributed by atoms with Crippen molar-refractivity contribution in [2.24, 2.45) is 11.5 Å². The molecule has 0 radical (unpaired) electrons. The molecular formula is C9H19N3O. The van der Waals surface area contributed by atoms with Gasteiger partial charge in [0.05, 0.1) is 0 Å². The number of carbonyl (C=O) groups excluding carboxylic acids is 1. The van der Waals surface area contributed by atoms with Crippen molar-refractivity contribution in [3.05, 3.63) is 11.6 Å². The standard InChI is InChI=1S/C9H19N3O/c1-7(9(11)13)6-8(10)4-5-12(2)3/h6,8H,4-5,10H2,1-3H3,(H2,11,13)/b7-6+. The molecule has 0 aliphatic carbocycles. The van der Waals surface area contributed by atoms with E-state index in [4.69, 9.17) is 11.5 Å². The lowest BCUT2D eigenvalue weighted by molar-refractivity contribution is -0.114. The van der Waals surface area contributed by atoms with Crippen LogP contribution in [-0.2, 0) is 4.79 Å². The average Bonchev–Trinajstić information content (AvgIpc) is 2.00. The van der Waals surface area contributed by atoms with Crippen molar-refractivity contribution in [2.45, 2.75) is 19.4 Å². The third-order valence-electron chi connectivity index (χ3n) is 1.76. The van der Waals surface area contributed by atoms with E-state index in [1.54, 1.807) is 13.0 Å². The minimum absolute atomic E-state index is 0.0881. The van der Waals surface area contributed by atoms with Crippen LogP contribution in [0.1, 0.15) is 13.3 Å². The molecule has 76 valence electrons. The zero-order valence-electron chi connectivity index (χ0n) is 8.58. The number of hydrogen-bond acceptors (Lipinski definition) is 3. The average molecular weight is 185 g/mol. The Kier molecular flexibility index (Phi) is 5.34. The van der Waals surface area contributed by atoms with Crippen LogP contribution in [0.25, 0.3) is 0 Å². The molecule has 4 heteroatoms. The fourth-order valence-corrected chi connectivity index (χ4v) is 0.894. The summed E-state index contributed by atoms with van der Waals surface area (Å²) in [4.78, 5) is 12.7. The maximum absolute atomic E-state index is 10.7. The van der Waals surface area contributed by atoms with E-state index in [9.17, 15) is 4.79 Å². The van der Waals surface area contributed by atoms with Gasteiger partial charge in [-0.3, -0.25) is 4.79 Å². The Hall–Kier alpha value is -0.870. The van der Waals surface area contributed by atoms with Crippen LogP contribution < -0.4 is 11.5 Å². The largest absolute Gasteiger partial charge is 0.366 e. The molecule has 0 saturated heterocycles. The van der Waals surface area contributed by atoms with Crippen molar-refractivity contribution in [1.29, 1.82) is 0 Å². The van der Waals surface area contributed by atoms with Gasteiger partial charge in [0, 0.05) is 11.6 Å². The van der Waals surface area contributed by atoms with Crippen LogP contribution in [0.5, 0.6) is 0 Å². The first-order valence-electron chi connectivity index (χ1n) is 4.32. The minimum atomic E-state index is -0.402. The molecule has 1 atom stereocenters. The van der Waals surface area contributed by atoms with Crippen molar-refractivity contribution in [3.63, 3.8) is 0 Å². The van der Waals surface area contributed by atoms with Gasteiger partial charge in [-0.1, -0.05) is 6.08 Å². The highest BCUT2D eigenvalue weighted by Gasteiger charge is 2.03. The summed E-state index contributed by atoms with van der Waals surface area (Å²) in [5, 5.41) is 0. The van der Waals surface area contributed by atoms with E-state index in [1.165, 1.54) is 0 Å². The minimum Gasteiger partial charge on any atom is -0.366 e. The second kappa shape index (κ2) is 5.72. The Morgan fingerprint density at radius 1 is 1.54 bits per heavy atom. The summed E-state index contributed by atoms with van der Waals surface area (Å²) in [7, 11) is 3.97. The highest BCUT2D eigenvalue weighted by atomic mass is 16.1. The summed E-state index contributed by atoms with van der Waals surface area (Å²) in [6.45, 7) is 2.58. The van der Waals surface area contributed by atoms with Gasteiger partial charge in [0.2, 0.25) is 5.91 Å². The Morgan fingerprint density at radius 2 is 2.08 bits per heavy atom. The highest BCUT2D eigenvalue weighted by Crippen LogP contribution is 1.97. The van der Waals surface area contributed by atoms with Crippen LogP contribution in [0.2, 0.25) is 0 Å². The second-order valence-corrected chi connectivity index (χ2v) is 3.47. The molecule has 4 N–H and O–H groups in total. The molecule has 0 spiro atoms. The quantitative estimate of drug-likeness (QED) is 0.577. The summed E-state index contributed by atoms with van der Waals surface area (Å²) in [6.07, 6.45) is 2.55. The number of amides is 1. The lowest BCUT2D eigenvalue weighted by Gasteiger charge is -2.12. The molecule has 4 nitrogen and oxygen atoms in total. The van der Waals surface area contributed by atoms with Gasteiger partial charge in [-0.25, -0.2) is 0 Å². The van der Waals surface area contributed by atoms with E-state index in [1.807, 2.05) is 19.0 Å². The molecule has 0 aromatic heterocycles. The van der Waals surface area contributed by atoms with Gasteiger partial charge < -0.3 is 16.4 Å². The fraction of sp³-hybridized carbons (Fsp3) is 0.667. The first-order chi connectivity index (χ1) is 5.93. The first-order valence-corrected chi connectivity index (χ1v) is 4.32. The van der Waals surface area contributed by atoms with Crippen LogP contribution in [0.15, 0.2) is 11.6 Å². The van der Waals surface area contributed by atoms with E-state index >= 15 is 0 Å². The maximum Gasteiger partial charge on any atom is 0.244 e. The highest BCUT2D eigenvalue weighted by molar-refractivity contribution is 5.91. The van der Waals surface area contributed by atoms with E-state index < -0.39 is 5.91 Å². The van der Waals surface area contributed by atoms with E-state index in [0.717, 1.165) is 13.0 Å². The predicted molar refractivity (Wildman–Crippen MR) is 54.1 cm³/mol. The summed E-state index contributed by atoms with van der Waals surface area (Å²) < 4.78 is 0. The van der Waals surface area contributed by atoms with Gasteiger partial charge >= 0.3 is 0 Å². The van der Waals surface area contributed by atoms with Crippen molar-refractivity contribution in [3.8, 4) is 0 Å². The fourth-order valence-electron chi connectivity index (χ4n) is 0.894. The molecule has 0 saturated carbocycles. The zero-order valence-corrected chi connectivity index (χ0v) is 8.58. The van der Waals surface area contributed by atoms with Crippen LogP contribution in [-0.4, -0.2) is 37.5 Å². The molecule has 0 aliphatic heterocycles. The molecule has 0 aromatic rings. The smallest absolute Gasteiger partial charge is 0.244 e. The van der Waals surface area contributed by atoms with Gasteiger partial charge in [-0.05, 0) is 34.0 Å². The SMILES string of the molecule is C/C(=C\C(N)CCN(C)C)C(N)=O. The van der Waals surface area contributed by atoms with Gasteiger partial charge in [0.15, 0.2) is 0 Å². The molecule has 0 fully saturated rings. The Bertz CT molecular complexity index is 199. The third-order valence-corrected chi connectivity index (χ3v) is 1.76. The monoisotopic (exact) mass is 185 g/mol. The summed E-state index contributed by atoms with van der Waals surface area (Å²) in [6, 6.07) is -0.0881. The van der Waals surface area contributed by atoms with E-state index in [0.29, 0.717) is 5.57 Å². The maximum atomic E-state index is 10.7. The summed E-state index contributed by atoms with van der Waals surface area (Å²) in [5.74, 6) is -0.402. The zero-order chi connectivity index (χ0) is 10.4.